The van der Waals surface area contributed by atoms with Crippen molar-refractivity contribution in [1.29, 1.82) is 0 Å². The number of hydrogen-bond donors (Lipinski definition) is 1. The van der Waals surface area contributed by atoms with Gasteiger partial charge in [-0.25, -0.2) is 9.97 Å². The fourth-order valence-electron chi connectivity index (χ4n) is 3.67. The Morgan fingerprint density at radius 2 is 1.88 bits per heavy atom. The zero-order valence-electron chi connectivity index (χ0n) is 15.1. The molecule has 2 aromatic rings. The first-order valence-corrected chi connectivity index (χ1v) is 8.91. The van der Waals surface area contributed by atoms with E-state index in [1.165, 1.54) is 0 Å². The molecule has 0 bridgehead atoms. The summed E-state index contributed by atoms with van der Waals surface area (Å²) in [5.74, 6) is 1.65. The number of nitrogens with zero attached hydrogens (tertiary/aromatic N) is 5. The second-order valence-corrected chi connectivity index (χ2v) is 6.97. The van der Waals surface area contributed by atoms with Gasteiger partial charge in [0.1, 0.15) is 17.6 Å². The van der Waals surface area contributed by atoms with E-state index in [4.69, 9.17) is 0 Å². The highest BCUT2D eigenvalue weighted by molar-refractivity contribution is 5.83. The predicted octanol–water partition coefficient (Wildman–Crippen LogP) is 1.12. The fourth-order valence-corrected chi connectivity index (χ4v) is 3.67. The first kappa shape index (κ1) is 16.8. The molecule has 2 fully saturated rings. The van der Waals surface area contributed by atoms with E-state index in [-0.39, 0.29) is 17.7 Å². The normalized spacial score (nSPS) is 21.0. The van der Waals surface area contributed by atoms with Crippen molar-refractivity contribution in [2.45, 2.75) is 13.0 Å². The number of rotatable bonds is 2. The molecule has 2 aliphatic heterocycles. The number of aromatic hydroxyl groups is 1. The summed E-state index contributed by atoms with van der Waals surface area (Å²) in [4.78, 5) is 27.9. The Morgan fingerprint density at radius 3 is 2.69 bits per heavy atom. The lowest BCUT2D eigenvalue weighted by molar-refractivity contribution is -0.140. The van der Waals surface area contributed by atoms with Crippen molar-refractivity contribution in [2.75, 3.05) is 44.7 Å². The van der Waals surface area contributed by atoms with E-state index in [0.29, 0.717) is 17.9 Å². The van der Waals surface area contributed by atoms with Crippen molar-refractivity contribution in [3.05, 3.63) is 36.0 Å². The highest BCUT2D eigenvalue weighted by atomic mass is 16.3. The van der Waals surface area contributed by atoms with Crippen LogP contribution in [0.4, 0.5) is 5.82 Å². The highest BCUT2D eigenvalue weighted by Crippen LogP contribution is 2.28. The summed E-state index contributed by atoms with van der Waals surface area (Å²) < 4.78 is 0. The topological polar surface area (TPSA) is 72.8 Å². The molecule has 26 heavy (non-hydrogen) atoms. The molecule has 1 amide bonds. The van der Waals surface area contributed by atoms with E-state index in [1.54, 1.807) is 12.1 Å². The minimum absolute atomic E-state index is 0.119. The van der Waals surface area contributed by atoms with Crippen LogP contribution in [0, 0.1) is 6.92 Å². The van der Waals surface area contributed by atoms with E-state index in [2.05, 4.69) is 19.8 Å². The van der Waals surface area contributed by atoms with Crippen LogP contribution in [0.5, 0.6) is 5.75 Å². The monoisotopic (exact) mass is 353 g/mol. The van der Waals surface area contributed by atoms with Gasteiger partial charge < -0.3 is 14.9 Å². The molecule has 0 unspecified atom stereocenters. The van der Waals surface area contributed by atoms with Gasteiger partial charge in [-0.15, -0.1) is 0 Å². The summed E-state index contributed by atoms with van der Waals surface area (Å²) in [5, 5.41) is 10.1. The summed E-state index contributed by atoms with van der Waals surface area (Å²) in [5.41, 5.74) is 1.45. The summed E-state index contributed by atoms with van der Waals surface area (Å²) in [6.45, 7) is 5.93. The lowest BCUT2D eigenvalue weighted by Gasteiger charge is -2.45. The van der Waals surface area contributed by atoms with Gasteiger partial charge in [-0.05, 0) is 19.1 Å². The number of piperazine rings is 2. The number of phenolic OH excluding ortho intramolecular Hbond substituents is 1. The highest BCUT2D eigenvalue weighted by Gasteiger charge is 2.37. The minimum Gasteiger partial charge on any atom is -0.507 e. The summed E-state index contributed by atoms with van der Waals surface area (Å²) in [7, 11) is 1.86. The van der Waals surface area contributed by atoms with Gasteiger partial charge in [0.15, 0.2) is 5.82 Å². The Bertz CT molecular complexity index is 840. The first-order valence-electron chi connectivity index (χ1n) is 8.91. The van der Waals surface area contributed by atoms with Gasteiger partial charge >= 0.3 is 0 Å². The van der Waals surface area contributed by atoms with E-state index in [1.807, 2.05) is 37.1 Å². The number of aryl methyl sites for hydroxylation is 1. The quantitative estimate of drug-likeness (QED) is 0.872. The molecule has 2 aliphatic rings. The number of carbonyl (C=O) groups is 1. The number of hydrogen-bond acceptors (Lipinski definition) is 6. The number of carbonyl (C=O) groups excluding carboxylic acids is 1. The van der Waals surface area contributed by atoms with Gasteiger partial charge in [0.05, 0.1) is 5.56 Å². The molecule has 4 rings (SSSR count). The number of aromatic nitrogens is 2. The summed E-state index contributed by atoms with van der Waals surface area (Å²) in [6.07, 6.45) is 0. The van der Waals surface area contributed by atoms with Crippen LogP contribution in [0.2, 0.25) is 0 Å². The lowest BCUT2D eigenvalue weighted by atomic mass is 10.1. The largest absolute Gasteiger partial charge is 0.507 e. The van der Waals surface area contributed by atoms with Crippen LogP contribution in [0.25, 0.3) is 11.4 Å². The molecule has 0 radical (unpaired) electrons. The van der Waals surface area contributed by atoms with E-state index in [0.717, 1.165) is 37.7 Å². The average Bonchev–Trinajstić information content (AvgIpc) is 2.64. The van der Waals surface area contributed by atoms with Gasteiger partial charge in [0.2, 0.25) is 5.91 Å². The van der Waals surface area contributed by atoms with Crippen molar-refractivity contribution in [1.82, 2.24) is 19.8 Å². The van der Waals surface area contributed by atoms with Gasteiger partial charge in [0, 0.05) is 51.5 Å². The number of amides is 1. The first-order chi connectivity index (χ1) is 12.5. The third kappa shape index (κ3) is 2.99. The maximum atomic E-state index is 12.5. The van der Waals surface area contributed by atoms with Gasteiger partial charge in [0.25, 0.3) is 0 Å². The van der Waals surface area contributed by atoms with E-state index < -0.39 is 0 Å². The van der Waals surface area contributed by atoms with Crippen LogP contribution < -0.4 is 4.90 Å². The number of phenols is 1. The molecule has 1 atom stereocenters. The van der Waals surface area contributed by atoms with Crippen LogP contribution in [0.1, 0.15) is 5.69 Å². The van der Waals surface area contributed by atoms with E-state index >= 15 is 0 Å². The maximum absolute atomic E-state index is 12.5. The summed E-state index contributed by atoms with van der Waals surface area (Å²) >= 11 is 0. The number of anilines is 1. The van der Waals surface area contributed by atoms with Crippen LogP contribution in [-0.4, -0.2) is 76.6 Å². The minimum atomic E-state index is -0.119. The Labute approximate surface area is 152 Å². The second-order valence-electron chi connectivity index (χ2n) is 6.97. The Morgan fingerprint density at radius 1 is 1.12 bits per heavy atom. The lowest BCUT2D eigenvalue weighted by Crippen LogP contribution is -2.64. The third-order valence-corrected chi connectivity index (χ3v) is 5.18. The van der Waals surface area contributed by atoms with Gasteiger partial charge in [-0.3, -0.25) is 9.69 Å². The number of para-hydroxylation sites is 1. The number of benzene rings is 1. The van der Waals surface area contributed by atoms with Gasteiger partial charge in [-0.2, -0.15) is 0 Å². The molecular formula is C19H23N5O2. The van der Waals surface area contributed by atoms with Crippen LogP contribution in [0.3, 0.4) is 0 Å². The molecule has 7 nitrogen and oxygen atoms in total. The standard InChI is InChI=1S/C19H23N5O2/c1-13-11-17(21-18(20-13)14-5-3-4-6-16(14)25)24-10-9-23-8-7-22(2)19(26)15(23)12-24/h3-6,11,15,25H,7-10,12H2,1-2H3/t15-/m1/s1. The van der Waals surface area contributed by atoms with Crippen molar-refractivity contribution < 1.29 is 9.90 Å². The molecule has 1 N–H and O–H groups in total. The second kappa shape index (κ2) is 6.57. The van der Waals surface area contributed by atoms with Crippen LogP contribution in [-0.2, 0) is 4.79 Å². The Hall–Kier alpha value is -2.67. The fraction of sp³-hybridized carbons (Fsp3) is 0.421. The van der Waals surface area contributed by atoms with Crippen molar-refractivity contribution in [3.63, 3.8) is 0 Å². The third-order valence-electron chi connectivity index (χ3n) is 5.18. The van der Waals surface area contributed by atoms with E-state index in [9.17, 15) is 9.90 Å². The Kier molecular flexibility index (Phi) is 4.24. The number of likely N-dealkylation sites (N-methyl/N-ethyl adjacent to an activating group) is 1. The zero-order chi connectivity index (χ0) is 18.3. The molecule has 3 heterocycles. The van der Waals surface area contributed by atoms with Crippen LogP contribution >= 0.6 is 0 Å². The molecule has 1 aromatic carbocycles. The van der Waals surface area contributed by atoms with Gasteiger partial charge in [-0.1, -0.05) is 12.1 Å². The summed E-state index contributed by atoms with van der Waals surface area (Å²) in [6, 6.07) is 8.90. The Balaban J connectivity index is 1.64. The molecule has 7 heteroatoms. The predicted molar refractivity (Wildman–Crippen MR) is 99.1 cm³/mol. The molecule has 1 aromatic heterocycles. The molecule has 0 saturated carbocycles. The maximum Gasteiger partial charge on any atom is 0.241 e. The smallest absolute Gasteiger partial charge is 0.241 e. The average molecular weight is 353 g/mol. The number of fused-ring (bicyclic) bond motifs is 1. The van der Waals surface area contributed by atoms with Crippen molar-refractivity contribution in [2.24, 2.45) is 0 Å². The zero-order valence-corrected chi connectivity index (χ0v) is 15.1. The molecule has 2 saturated heterocycles. The molecular weight excluding hydrogens is 330 g/mol. The van der Waals surface area contributed by atoms with Crippen molar-refractivity contribution in [3.8, 4) is 17.1 Å². The molecule has 0 aliphatic carbocycles. The van der Waals surface area contributed by atoms with Crippen molar-refractivity contribution >= 4 is 11.7 Å². The molecule has 0 spiro atoms. The molecule has 136 valence electrons. The SMILES string of the molecule is Cc1cc(N2CCN3CCN(C)C(=O)[C@H]3C2)nc(-c2ccccc2O)n1. The van der Waals surface area contributed by atoms with Crippen LogP contribution in [0.15, 0.2) is 30.3 Å².